The lowest BCUT2D eigenvalue weighted by Gasteiger charge is -2.01. The molecule has 0 saturated heterocycles. The summed E-state index contributed by atoms with van der Waals surface area (Å²) in [6.07, 6.45) is 0. The molecule has 0 aliphatic heterocycles. The normalized spacial score (nSPS) is 9.92. The van der Waals surface area contributed by atoms with Crippen LogP contribution in [0.25, 0.3) is 0 Å². The number of carbonyl (C=O) groups excluding carboxylic acids is 1. The van der Waals surface area contributed by atoms with Crippen molar-refractivity contribution in [3.8, 4) is 0 Å². The molecule has 0 aromatic heterocycles. The first-order valence-corrected chi connectivity index (χ1v) is 3.86. The van der Waals surface area contributed by atoms with Crippen molar-refractivity contribution < 1.29 is 9.90 Å². The fourth-order valence-corrected chi connectivity index (χ4v) is 1.16. The Kier molecular flexibility index (Phi) is 2.61. The molecule has 1 rings (SSSR count). The number of carbonyl (C=O) groups is 1. The average Bonchev–Trinajstić information content (AvgIpc) is 2.03. The van der Waals surface area contributed by atoms with E-state index in [1.54, 1.807) is 6.07 Å². The van der Waals surface area contributed by atoms with Crippen molar-refractivity contribution in [2.45, 2.75) is 20.5 Å². The van der Waals surface area contributed by atoms with Gasteiger partial charge in [-0.2, -0.15) is 0 Å². The van der Waals surface area contributed by atoms with Gasteiger partial charge in [0.15, 0.2) is 5.78 Å². The zero-order valence-corrected chi connectivity index (χ0v) is 7.29. The van der Waals surface area contributed by atoms with Crippen LogP contribution >= 0.6 is 0 Å². The predicted molar refractivity (Wildman–Crippen MR) is 47.1 cm³/mol. The maximum atomic E-state index is 11.0. The van der Waals surface area contributed by atoms with Crippen LogP contribution in [0.2, 0.25) is 0 Å². The molecule has 0 aliphatic carbocycles. The summed E-state index contributed by atoms with van der Waals surface area (Å²) in [6, 6.07) is 5.41. The van der Waals surface area contributed by atoms with E-state index in [0.29, 0.717) is 5.56 Å². The quantitative estimate of drug-likeness (QED) is 0.675. The van der Waals surface area contributed by atoms with Crippen LogP contribution in [0.15, 0.2) is 18.2 Å². The first kappa shape index (κ1) is 8.94. The second-order valence-corrected chi connectivity index (χ2v) is 2.92. The molecule has 0 saturated carbocycles. The van der Waals surface area contributed by atoms with E-state index in [1.165, 1.54) is 6.92 Å². The number of hydrogen-bond donors (Lipinski definition) is 1. The van der Waals surface area contributed by atoms with Gasteiger partial charge < -0.3 is 5.11 Å². The van der Waals surface area contributed by atoms with E-state index in [4.69, 9.17) is 5.11 Å². The molecule has 1 N–H and O–H groups in total. The van der Waals surface area contributed by atoms with E-state index in [1.807, 2.05) is 19.1 Å². The van der Waals surface area contributed by atoms with E-state index in [0.717, 1.165) is 11.1 Å². The topological polar surface area (TPSA) is 37.3 Å². The highest BCUT2D eigenvalue weighted by molar-refractivity contribution is 5.94. The minimum absolute atomic E-state index is 0.0119. The number of Topliss-reactive ketones (excluding diaryl/α,β-unsaturated/α-hetero) is 1. The van der Waals surface area contributed by atoms with Gasteiger partial charge in [-0.15, -0.1) is 0 Å². The summed E-state index contributed by atoms with van der Waals surface area (Å²) in [6.45, 7) is 3.42. The SMILES string of the molecule is CC(=O)c1cc(C)cc(CO)c1. The van der Waals surface area contributed by atoms with Gasteiger partial charge in [-0.25, -0.2) is 0 Å². The van der Waals surface area contributed by atoms with Gasteiger partial charge in [0, 0.05) is 5.56 Å². The van der Waals surface area contributed by atoms with Crippen LogP contribution in [0.3, 0.4) is 0 Å². The van der Waals surface area contributed by atoms with Crippen LogP contribution in [0.5, 0.6) is 0 Å². The molecular formula is C10H12O2. The number of hydrogen-bond acceptors (Lipinski definition) is 2. The molecule has 0 radical (unpaired) electrons. The van der Waals surface area contributed by atoms with Crippen LogP contribution in [-0.4, -0.2) is 10.9 Å². The molecule has 2 heteroatoms. The number of benzene rings is 1. The third-order valence-corrected chi connectivity index (χ3v) is 1.73. The Morgan fingerprint density at radius 2 is 2.08 bits per heavy atom. The Morgan fingerprint density at radius 1 is 1.42 bits per heavy atom. The van der Waals surface area contributed by atoms with Crippen LogP contribution in [0.1, 0.15) is 28.4 Å². The molecule has 12 heavy (non-hydrogen) atoms. The maximum absolute atomic E-state index is 11.0. The minimum atomic E-state index is -0.0119. The molecule has 1 aromatic rings. The molecule has 0 fully saturated rings. The van der Waals surface area contributed by atoms with Crippen molar-refractivity contribution in [2.24, 2.45) is 0 Å². The van der Waals surface area contributed by atoms with E-state index in [2.05, 4.69) is 0 Å². The zero-order valence-electron chi connectivity index (χ0n) is 7.29. The van der Waals surface area contributed by atoms with Crippen LogP contribution in [0.4, 0.5) is 0 Å². The summed E-state index contributed by atoms with van der Waals surface area (Å²) < 4.78 is 0. The van der Waals surface area contributed by atoms with E-state index < -0.39 is 0 Å². The maximum Gasteiger partial charge on any atom is 0.159 e. The molecule has 0 spiro atoms. The molecular weight excluding hydrogens is 152 g/mol. The Hall–Kier alpha value is -1.15. The second-order valence-electron chi connectivity index (χ2n) is 2.92. The highest BCUT2D eigenvalue weighted by Crippen LogP contribution is 2.10. The minimum Gasteiger partial charge on any atom is -0.392 e. The third kappa shape index (κ3) is 1.92. The highest BCUT2D eigenvalue weighted by Gasteiger charge is 2.01. The molecule has 0 amide bonds. The highest BCUT2D eigenvalue weighted by atomic mass is 16.3. The van der Waals surface area contributed by atoms with Crippen LogP contribution in [0, 0.1) is 6.92 Å². The smallest absolute Gasteiger partial charge is 0.159 e. The summed E-state index contributed by atoms with van der Waals surface area (Å²) in [5.74, 6) is 0.0356. The summed E-state index contributed by atoms with van der Waals surface area (Å²) in [5.41, 5.74) is 2.46. The van der Waals surface area contributed by atoms with Crippen LogP contribution in [-0.2, 0) is 6.61 Å². The number of rotatable bonds is 2. The van der Waals surface area contributed by atoms with Crippen molar-refractivity contribution >= 4 is 5.78 Å². The summed E-state index contributed by atoms with van der Waals surface area (Å²) in [7, 11) is 0. The van der Waals surface area contributed by atoms with Crippen molar-refractivity contribution in [3.63, 3.8) is 0 Å². The predicted octanol–water partition coefficient (Wildman–Crippen LogP) is 1.69. The van der Waals surface area contributed by atoms with Gasteiger partial charge in [-0.05, 0) is 31.5 Å². The second kappa shape index (κ2) is 3.50. The lowest BCUT2D eigenvalue weighted by atomic mass is 10.0. The number of aliphatic hydroxyl groups excluding tert-OH is 1. The number of aryl methyl sites for hydroxylation is 1. The summed E-state index contributed by atoms with van der Waals surface area (Å²) >= 11 is 0. The Balaban J connectivity index is 3.15. The lowest BCUT2D eigenvalue weighted by molar-refractivity contribution is 0.101. The van der Waals surface area contributed by atoms with Crippen molar-refractivity contribution in [3.05, 3.63) is 34.9 Å². The van der Waals surface area contributed by atoms with Gasteiger partial charge in [0.2, 0.25) is 0 Å². The fourth-order valence-electron chi connectivity index (χ4n) is 1.16. The average molecular weight is 164 g/mol. The fraction of sp³-hybridized carbons (Fsp3) is 0.300. The first-order valence-electron chi connectivity index (χ1n) is 3.86. The Labute approximate surface area is 71.8 Å². The van der Waals surface area contributed by atoms with Crippen LogP contribution < -0.4 is 0 Å². The summed E-state index contributed by atoms with van der Waals surface area (Å²) in [4.78, 5) is 11.0. The third-order valence-electron chi connectivity index (χ3n) is 1.73. The van der Waals surface area contributed by atoms with E-state index in [-0.39, 0.29) is 12.4 Å². The zero-order chi connectivity index (χ0) is 9.14. The molecule has 0 unspecified atom stereocenters. The van der Waals surface area contributed by atoms with Gasteiger partial charge in [-0.3, -0.25) is 4.79 Å². The summed E-state index contributed by atoms with van der Waals surface area (Å²) in [5, 5.41) is 8.86. The van der Waals surface area contributed by atoms with Crippen molar-refractivity contribution in [1.29, 1.82) is 0 Å². The molecule has 0 heterocycles. The number of aliphatic hydroxyl groups is 1. The molecule has 0 aliphatic rings. The Morgan fingerprint density at radius 3 is 2.58 bits per heavy atom. The lowest BCUT2D eigenvalue weighted by Crippen LogP contribution is -1.95. The van der Waals surface area contributed by atoms with Gasteiger partial charge >= 0.3 is 0 Å². The van der Waals surface area contributed by atoms with Crippen molar-refractivity contribution in [2.75, 3.05) is 0 Å². The largest absolute Gasteiger partial charge is 0.392 e. The Bertz CT molecular complexity index is 303. The molecule has 0 atom stereocenters. The van der Waals surface area contributed by atoms with Gasteiger partial charge in [-0.1, -0.05) is 11.6 Å². The number of ketones is 1. The van der Waals surface area contributed by atoms with Gasteiger partial charge in [0.1, 0.15) is 0 Å². The first-order chi connectivity index (χ1) is 5.63. The molecule has 2 nitrogen and oxygen atoms in total. The molecule has 0 bridgehead atoms. The molecule has 64 valence electrons. The molecule has 1 aromatic carbocycles. The standard InChI is InChI=1S/C10H12O2/c1-7-3-9(6-11)5-10(4-7)8(2)12/h3-5,11H,6H2,1-2H3. The van der Waals surface area contributed by atoms with Gasteiger partial charge in [0.05, 0.1) is 6.61 Å². The van der Waals surface area contributed by atoms with E-state index in [9.17, 15) is 4.79 Å². The van der Waals surface area contributed by atoms with Gasteiger partial charge in [0.25, 0.3) is 0 Å². The van der Waals surface area contributed by atoms with E-state index >= 15 is 0 Å². The monoisotopic (exact) mass is 164 g/mol. The van der Waals surface area contributed by atoms with Crippen molar-refractivity contribution in [1.82, 2.24) is 0 Å².